The normalized spacial score (nSPS) is 12.0. The maximum Gasteiger partial charge on any atom is 0.251 e. The smallest absolute Gasteiger partial charge is 0.251 e. The zero-order chi connectivity index (χ0) is 16.1. The summed E-state index contributed by atoms with van der Waals surface area (Å²) >= 11 is 0. The summed E-state index contributed by atoms with van der Waals surface area (Å²) in [5.41, 5.74) is 1.71. The first-order chi connectivity index (χ1) is 11.2. The van der Waals surface area contributed by atoms with E-state index < -0.39 is 0 Å². The van der Waals surface area contributed by atoms with Gasteiger partial charge in [-0.2, -0.15) is 5.10 Å². The number of rotatable bonds is 6. The third kappa shape index (κ3) is 4.03. The molecule has 0 fully saturated rings. The molecule has 1 atom stereocenters. The van der Waals surface area contributed by atoms with Gasteiger partial charge in [0, 0.05) is 30.5 Å². The van der Waals surface area contributed by atoms with Crippen LogP contribution in [0.1, 0.15) is 22.8 Å². The summed E-state index contributed by atoms with van der Waals surface area (Å²) in [4.78, 5) is 20.1. The Morgan fingerprint density at radius 1 is 1.22 bits per heavy atom. The second-order valence-electron chi connectivity index (χ2n) is 5.42. The summed E-state index contributed by atoms with van der Waals surface area (Å²) in [5, 5.41) is 7.05. The molecule has 1 N–H and O–H groups in total. The van der Waals surface area contributed by atoms with E-state index in [1.807, 2.05) is 42.0 Å². The van der Waals surface area contributed by atoms with Gasteiger partial charge in [0.25, 0.3) is 5.91 Å². The lowest BCUT2D eigenvalue weighted by Gasteiger charge is -2.14. The maximum atomic E-state index is 12.2. The molecule has 0 aliphatic carbocycles. The molecule has 0 saturated carbocycles. The molecule has 0 unspecified atom stereocenters. The number of carbonyl (C=O) groups is 1. The molecule has 2 aromatic heterocycles. The van der Waals surface area contributed by atoms with Gasteiger partial charge in [0.05, 0.1) is 12.9 Å². The number of imidazole rings is 1. The van der Waals surface area contributed by atoms with E-state index in [2.05, 4.69) is 20.4 Å². The number of amides is 1. The Labute approximate surface area is 134 Å². The van der Waals surface area contributed by atoms with Gasteiger partial charge >= 0.3 is 0 Å². The van der Waals surface area contributed by atoms with Crippen molar-refractivity contribution in [2.45, 2.75) is 26.1 Å². The molecule has 3 rings (SSSR count). The summed E-state index contributed by atoms with van der Waals surface area (Å²) in [7, 11) is 0. The highest BCUT2D eigenvalue weighted by Gasteiger charge is 2.10. The largest absolute Gasteiger partial charge is 0.348 e. The summed E-state index contributed by atoms with van der Waals surface area (Å²) in [5.74, 6) is -0.0788. The fourth-order valence-electron chi connectivity index (χ4n) is 2.33. The van der Waals surface area contributed by atoms with Gasteiger partial charge in [-0.3, -0.25) is 4.79 Å². The van der Waals surface area contributed by atoms with Crippen molar-refractivity contribution < 1.29 is 4.79 Å². The van der Waals surface area contributed by atoms with Crippen LogP contribution >= 0.6 is 0 Å². The molecule has 118 valence electrons. The lowest BCUT2D eigenvalue weighted by molar-refractivity contribution is 0.0936. The SMILES string of the molecule is C[C@H](Cn1ccnc1)NC(=O)c1ccc(Cn2cncn2)cc1. The third-order valence-electron chi connectivity index (χ3n) is 3.45. The highest BCUT2D eigenvalue weighted by molar-refractivity contribution is 5.94. The van der Waals surface area contributed by atoms with Crippen molar-refractivity contribution in [3.8, 4) is 0 Å². The first-order valence-corrected chi connectivity index (χ1v) is 7.38. The van der Waals surface area contributed by atoms with Gasteiger partial charge in [-0.25, -0.2) is 14.6 Å². The average Bonchev–Trinajstić information content (AvgIpc) is 3.21. The van der Waals surface area contributed by atoms with Crippen LogP contribution in [0.15, 0.2) is 55.6 Å². The van der Waals surface area contributed by atoms with Crippen LogP contribution in [0.25, 0.3) is 0 Å². The number of hydrogen-bond acceptors (Lipinski definition) is 4. The van der Waals surface area contributed by atoms with E-state index in [-0.39, 0.29) is 11.9 Å². The van der Waals surface area contributed by atoms with Crippen molar-refractivity contribution in [2.24, 2.45) is 0 Å². The molecule has 23 heavy (non-hydrogen) atoms. The minimum absolute atomic E-state index is 0.0199. The average molecular weight is 310 g/mol. The van der Waals surface area contributed by atoms with E-state index in [4.69, 9.17) is 0 Å². The van der Waals surface area contributed by atoms with Crippen molar-refractivity contribution in [3.05, 3.63) is 66.8 Å². The fraction of sp³-hybridized carbons (Fsp3) is 0.250. The first kappa shape index (κ1) is 15.0. The van der Waals surface area contributed by atoms with Crippen LogP contribution in [0.5, 0.6) is 0 Å². The van der Waals surface area contributed by atoms with E-state index in [1.165, 1.54) is 6.33 Å². The van der Waals surface area contributed by atoms with Crippen molar-refractivity contribution in [1.29, 1.82) is 0 Å². The van der Waals surface area contributed by atoms with Gasteiger partial charge in [0.15, 0.2) is 0 Å². The van der Waals surface area contributed by atoms with E-state index in [0.29, 0.717) is 18.7 Å². The van der Waals surface area contributed by atoms with E-state index >= 15 is 0 Å². The van der Waals surface area contributed by atoms with E-state index in [1.54, 1.807) is 23.5 Å². The van der Waals surface area contributed by atoms with Gasteiger partial charge in [-0.05, 0) is 24.6 Å². The number of aromatic nitrogens is 5. The van der Waals surface area contributed by atoms with Crippen molar-refractivity contribution >= 4 is 5.91 Å². The molecule has 1 aromatic carbocycles. The van der Waals surface area contributed by atoms with Crippen LogP contribution in [0.3, 0.4) is 0 Å². The Morgan fingerprint density at radius 3 is 2.70 bits per heavy atom. The molecule has 0 spiro atoms. The van der Waals surface area contributed by atoms with Crippen LogP contribution in [0.4, 0.5) is 0 Å². The van der Waals surface area contributed by atoms with Crippen LogP contribution < -0.4 is 5.32 Å². The minimum atomic E-state index is -0.0788. The molecule has 0 aliphatic rings. The molecule has 0 bridgehead atoms. The Morgan fingerprint density at radius 2 is 2.04 bits per heavy atom. The van der Waals surface area contributed by atoms with Crippen LogP contribution in [-0.2, 0) is 13.1 Å². The monoisotopic (exact) mass is 310 g/mol. The second kappa shape index (κ2) is 6.87. The molecular weight excluding hydrogens is 292 g/mol. The molecule has 0 radical (unpaired) electrons. The Hall–Kier alpha value is -2.96. The molecule has 0 saturated heterocycles. The molecular formula is C16H18N6O. The van der Waals surface area contributed by atoms with Gasteiger partial charge in [0.2, 0.25) is 0 Å². The highest BCUT2D eigenvalue weighted by atomic mass is 16.1. The Balaban J connectivity index is 1.56. The van der Waals surface area contributed by atoms with Crippen LogP contribution in [0, 0.1) is 0 Å². The summed E-state index contributed by atoms with van der Waals surface area (Å²) in [6.45, 7) is 3.30. The molecule has 7 nitrogen and oxygen atoms in total. The number of benzene rings is 1. The standard InChI is InChI=1S/C16H18N6O/c1-13(8-21-7-6-17-11-21)20-16(23)15-4-2-14(3-5-15)9-22-12-18-10-19-22/h2-7,10-13H,8-9H2,1H3,(H,20,23)/t13-/m1/s1. The van der Waals surface area contributed by atoms with Gasteiger partial charge in [-0.1, -0.05) is 12.1 Å². The predicted octanol–water partition coefficient (Wildman–Crippen LogP) is 1.34. The Kier molecular flexibility index (Phi) is 4.46. The third-order valence-corrected chi connectivity index (χ3v) is 3.45. The summed E-state index contributed by atoms with van der Waals surface area (Å²) < 4.78 is 3.68. The summed E-state index contributed by atoms with van der Waals surface area (Å²) in [6.07, 6.45) is 8.51. The maximum absolute atomic E-state index is 12.2. The van der Waals surface area contributed by atoms with Gasteiger partial charge in [-0.15, -0.1) is 0 Å². The van der Waals surface area contributed by atoms with Gasteiger partial charge in [0.1, 0.15) is 12.7 Å². The predicted molar refractivity (Wildman–Crippen MR) is 84.7 cm³/mol. The second-order valence-corrected chi connectivity index (χ2v) is 5.42. The lowest BCUT2D eigenvalue weighted by Crippen LogP contribution is -2.35. The van der Waals surface area contributed by atoms with Crippen LogP contribution in [-0.4, -0.2) is 36.3 Å². The van der Waals surface area contributed by atoms with Crippen LogP contribution in [0.2, 0.25) is 0 Å². The number of nitrogens with zero attached hydrogens (tertiary/aromatic N) is 5. The topological polar surface area (TPSA) is 77.6 Å². The van der Waals surface area contributed by atoms with E-state index in [9.17, 15) is 4.79 Å². The molecule has 3 aromatic rings. The number of carbonyl (C=O) groups excluding carboxylic acids is 1. The zero-order valence-corrected chi connectivity index (χ0v) is 12.8. The van der Waals surface area contributed by atoms with Crippen molar-refractivity contribution in [3.63, 3.8) is 0 Å². The van der Waals surface area contributed by atoms with Crippen molar-refractivity contribution in [2.75, 3.05) is 0 Å². The lowest BCUT2D eigenvalue weighted by atomic mass is 10.1. The molecule has 2 heterocycles. The molecule has 1 amide bonds. The van der Waals surface area contributed by atoms with E-state index in [0.717, 1.165) is 5.56 Å². The van der Waals surface area contributed by atoms with Gasteiger partial charge < -0.3 is 9.88 Å². The molecule has 7 heteroatoms. The quantitative estimate of drug-likeness (QED) is 0.745. The zero-order valence-electron chi connectivity index (χ0n) is 12.8. The minimum Gasteiger partial charge on any atom is -0.348 e. The highest BCUT2D eigenvalue weighted by Crippen LogP contribution is 2.06. The summed E-state index contributed by atoms with van der Waals surface area (Å²) in [6, 6.07) is 7.53. The molecule has 0 aliphatic heterocycles. The fourth-order valence-corrected chi connectivity index (χ4v) is 2.33. The van der Waals surface area contributed by atoms with Crippen molar-refractivity contribution in [1.82, 2.24) is 29.6 Å². The first-order valence-electron chi connectivity index (χ1n) is 7.38. The Bertz CT molecular complexity index is 733. The number of hydrogen-bond donors (Lipinski definition) is 1. The number of nitrogens with one attached hydrogen (secondary N) is 1.